The van der Waals surface area contributed by atoms with Crippen LogP contribution in [0.3, 0.4) is 0 Å². The van der Waals surface area contributed by atoms with Gasteiger partial charge >= 0.3 is 6.09 Å². The van der Waals surface area contributed by atoms with Crippen molar-refractivity contribution in [3.8, 4) is 0 Å². The van der Waals surface area contributed by atoms with E-state index in [1.807, 2.05) is 37.3 Å². The molecule has 0 unspecified atom stereocenters. The SMILES string of the molecule is CCCn1cc(NC(=O)CNC(=O)OCc2ccccc2)ccc1=O. The highest BCUT2D eigenvalue weighted by Gasteiger charge is 2.08. The lowest BCUT2D eigenvalue weighted by atomic mass is 10.2. The molecule has 1 heterocycles. The minimum atomic E-state index is -0.671. The fourth-order valence-electron chi connectivity index (χ4n) is 2.15. The maximum atomic E-state index is 11.9. The van der Waals surface area contributed by atoms with E-state index in [0.717, 1.165) is 12.0 Å². The van der Waals surface area contributed by atoms with Gasteiger partial charge < -0.3 is 19.9 Å². The maximum Gasteiger partial charge on any atom is 0.407 e. The Morgan fingerprint density at radius 1 is 1.12 bits per heavy atom. The van der Waals surface area contributed by atoms with E-state index < -0.39 is 12.0 Å². The Morgan fingerprint density at radius 2 is 1.88 bits per heavy atom. The van der Waals surface area contributed by atoms with E-state index in [9.17, 15) is 14.4 Å². The molecule has 0 spiro atoms. The molecular formula is C18H21N3O4. The Morgan fingerprint density at radius 3 is 2.60 bits per heavy atom. The fraction of sp³-hybridized carbons (Fsp3) is 0.278. The van der Waals surface area contributed by atoms with Gasteiger partial charge in [-0.3, -0.25) is 9.59 Å². The molecule has 0 aliphatic heterocycles. The highest BCUT2D eigenvalue weighted by atomic mass is 16.5. The predicted molar refractivity (Wildman–Crippen MR) is 94.3 cm³/mol. The molecule has 0 saturated heterocycles. The molecule has 0 radical (unpaired) electrons. The zero-order valence-electron chi connectivity index (χ0n) is 14.0. The summed E-state index contributed by atoms with van der Waals surface area (Å²) in [6.45, 7) is 2.45. The van der Waals surface area contributed by atoms with E-state index in [1.54, 1.807) is 6.20 Å². The van der Waals surface area contributed by atoms with Gasteiger partial charge in [-0.1, -0.05) is 37.3 Å². The van der Waals surface area contributed by atoms with Gasteiger partial charge in [0, 0.05) is 18.8 Å². The number of alkyl carbamates (subject to hydrolysis) is 1. The van der Waals surface area contributed by atoms with Gasteiger partial charge in [-0.25, -0.2) is 4.79 Å². The molecule has 2 rings (SSSR count). The van der Waals surface area contributed by atoms with Crippen molar-refractivity contribution in [3.05, 3.63) is 64.6 Å². The Kier molecular flexibility index (Phi) is 6.76. The number of hydrogen-bond acceptors (Lipinski definition) is 4. The number of pyridine rings is 1. The molecule has 25 heavy (non-hydrogen) atoms. The number of rotatable bonds is 7. The average Bonchev–Trinajstić information content (AvgIpc) is 2.62. The zero-order chi connectivity index (χ0) is 18.1. The molecule has 132 valence electrons. The van der Waals surface area contributed by atoms with Crippen molar-refractivity contribution in [2.45, 2.75) is 26.5 Å². The second-order valence-electron chi connectivity index (χ2n) is 5.41. The summed E-state index contributed by atoms with van der Waals surface area (Å²) < 4.78 is 6.54. The molecule has 2 N–H and O–H groups in total. The lowest BCUT2D eigenvalue weighted by Gasteiger charge is -2.10. The molecule has 2 amide bonds. The van der Waals surface area contributed by atoms with Crippen LogP contribution in [0, 0.1) is 0 Å². The number of aromatic nitrogens is 1. The standard InChI is InChI=1S/C18H21N3O4/c1-2-10-21-12-15(8-9-17(21)23)20-16(22)11-19-18(24)25-13-14-6-4-3-5-7-14/h3-9,12H,2,10-11,13H2,1H3,(H,19,24)(H,20,22). The van der Waals surface area contributed by atoms with Gasteiger partial charge in [0.1, 0.15) is 13.2 Å². The highest BCUT2D eigenvalue weighted by molar-refractivity contribution is 5.93. The molecule has 0 atom stereocenters. The Bertz CT molecular complexity index is 771. The number of amides is 2. The smallest absolute Gasteiger partial charge is 0.407 e. The van der Waals surface area contributed by atoms with E-state index in [0.29, 0.717) is 12.2 Å². The summed E-state index contributed by atoms with van der Waals surface area (Å²) in [6, 6.07) is 12.2. The lowest BCUT2D eigenvalue weighted by Crippen LogP contribution is -2.33. The first-order valence-corrected chi connectivity index (χ1v) is 8.03. The highest BCUT2D eigenvalue weighted by Crippen LogP contribution is 2.04. The van der Waals surface area contributed by atoms with E-state index >= 15 is 0 Å². The Hall–Kier alpha value is -3.09. The number of benzene rings is 1. The molecule has 7 heteroatoms. The van der Waals surface area contributed by atoms with E-state index in [4.69, 9.17) is 4.74 Å². The molecule has 1 aromatic carbocycles. The number of ether oxygens (including phenoxy) is 1. The molecule has 0 saturated carbocycles. The van der Waals surface area contributed by atoms with Crippen LogP contribution in [0.25, 0.3) is 0 Å². The monoisotopic (exact) mass is 343 g/mol. The molecule has 1 aromatic heterocycles. The van der Waals surface area contributed by atoms with Crippen LogP contribution in [0.15, 0.2) is 53.5 Å². The van der Waals surface area contributed by atoms with Crippen molar-refractivity contribution in [2.24, 2.45) is 0 Å². The van der Waals surface area contributed by atoms with E-state index in [1.165, 1.54) is 16.7 Å². The van der Waals surface area contributed by atoms with E-state index in [2.05, 4.69) is 10.6 Å². The largest absolute Gasteiger partial charge is 0.445 e. The number of carbonyl (C=O) groups is 2. The topological polar surface area (TPSA) is 89.4 Å². The fourth-order valence-corrected chi connectivity index (χ4v) is 2.15. The van der Waals surface area contributed by atoms with E-state index in [-0.39, 0.29) is 18.7 Å². The second-order valence-corrected chi connectivity index (χ2v) is 5.41. The summed E-state index contributed by atoms with van der Waals surface area (Å²) in [5.74, 6) is -0.404. The van der Waals surface area contributed by atoms with Crippen molar-refractivity contribution >= 4 is 17.7 Å². The number of hydrogen-bond donors (Lipinski definition) is 2. The van der Waals surface area contributed by atoms with Crippen LogP contribution >= 0.6 is 0 Å². The van der Waals surface area contributed by atoms with Crippen LogP contribution in [0.1, 0.15) is 18.9 Å². The molecule has 0 fully saturated rings. The van der Waals surface area contributed by atoms with Gasteiger partial charge in [0.2, 0.25) is 5.91 Å². The molecule has 2 aromatic rings. The van der Waals surface area contributed by atoms with Gasteiger partial charge in [-0.2, -0.15) is 0 Å². The van der Waals surface area contributed by atoms with Crippen LogP contribution in [0.5, 0.6) is 0 Å². The van der Waals surface area contributed by atoms with Crippen LogP contribution in [0.2, 0.25) is 0 Å². The molecule has 0 bridgehead atoms. The quantitative estimate of drug-likeness (QED) is 0.806. The van der Waals surface area contributed by atoms with Crippen molar-refractivity contribution in [3.63, 3.8) is 0 Å². The first kappa shape index (κ1) is 18.3. The minimum Gasteiger partial charge on any atom is -0.445 e. The molecule has 0 aliphatic carbocycles. The summed E-state index contributed by atoms with van der Waals surface area (Å²) in [5, 5.41) is 5.01. The predicted octanol–water partition coefficient (Wildman–Crippen LogP) is 2.12. The number of aryl methyl sites for hydroxylation is 1. The maximum absolute atomic E-state index is 11.9. The van der Waals surface area contributed by atoms with Crippen LogP contribution in [0.4, 0.5) is 10.5 Å². The number of nitrogens with one attached hydrogen (secondary N) is 2. The van der Waals surface area contributed by atoms with Crippen LogP contribution in [-0.4, -0.2) is 23.1 Å². The van der Waals surface area contributed by atoms with Gasteiger partial charge in [-0.15, -0.1) is 0 Å². The second kappa shape index (κ2) is 9.27. The van der Waals surface area contributed by atoms with Crippen LogP contribution < -0.4 is 16.2 Å². The summed E-state index contributed by atoms with van der Waals surface area (Å²) in [6.07, 6.45) is 1.72. The molecular weight excluding hydrogens is 322 g/mol. The van der Waals surface area contributed by atoms with Crippen LogP contribution in [-0.2, 0) is 22.7 Å². The first-order chi connectivity index (χ1) is 12.1. The third kappa shape index (κ3) is 6.14. The average molecular weight is 343 g/mol. The van der Waals surface area contributed by atoms with Crippen molar-refractivity contribution in [2.75, 3.05) is 11.9 Å². The number of nitrogens with zero attached hydrogens (tertiary/aromatic N) is 1. The molecule has 7 nitrogen and oxygen atoms in total. The molecule has 0 aliphatic rings. The Labute approximate surface area is 145 Å². The zero-order valence-corrected chi connectivity index (χ0v) is 14.0. The van der Waals surface area contributed by atoms with Gasteiger partial charge in [-0.05, 0) is 18.1 Å². The third-order valence-corrected chi connectivity index (χ3v) is 3.34. The summed E-state index contributed by atoms with van der Waals surface area (Å²) in [4.78, 5) is 35.1. The minimum absolute atomic E-state index is 0.123. The summed E-state index contributed by atoms with van der Waals surface area (Å²) >= 11 is 0. The van der Waals surface area contributed by atoms with Crippen molar-refractivity contribution in [1.29, 1.82) is 0 Å². The number of carbonyl (C=O) groups excluding carboxylic acids is 2. The Balaban J connectivity index is 1.77. The third-order valence-electron chi connectivity index (χ3n) is 3.34. The summed E-state index contributed by atoms with van der Waals surface area (Å²) in [7, 11) is 0. The normalized spacial score (nSPS) is 10.1. The summed E-state index contributed by atoms with van der Waals surface area (Å²) in [5.41, 5.74) is 1.24. The van der Waals surface area contributed by atoms with Crippen molar-refractivity contribution in [1.82, 2.24) is 9.88 Å². The lowest BCUT2D eigenvalue weighted by molar-refractivity contribution is -0.115. The number of anilines is 1. The van der Waals surface area contributed by atoms with Gasteiger partial charge in [0.25, 0.3) is 5.56 Å². The van der Waals surface area contributed by atoms with Gasteiger partial charge in [0.15, 0.2) is 0 Å². The first-order valence-electron chi connectivity index (χ1n) is 8.03. The van der Waals surface area contributed by atoms with Gasteiger partial charge in [0.05, 0.1) is 5.69 Å². The van der Waals surface area contributed by atoms with Crippen molar-refractivity contribution < 1.29 is 14.3 Å².